The summed E-state index contributed by atoms with van der Waals surface area (Å²) in [6.45, 7) is 1.34. The van der Waals surface area contributed by atoms with Gasteiger partial charge in [-0.2, -0.15) is 0 Å². The fourth-order valence-corrected chi connectivity index (χ4v) is 3.21. The quantitative estimate of drug-likeness (QED) is 0.806. The minimum Gasteiger partial charge on any atom is -0.364 e. The number of hydrogen-bond donors (Lipinski definition) is 0. The van der Waals surface area contributed by atoms with E-state index in [1.807, 2.05) is 12.1 Å². The Bertz CT molecular complexity index is 734. The molecule has 0 N–H and O–H groups in total. The predicted molar refractivity (Wildman–Crippen MR) is 80.7 cm³/mol. The van der Waals surface area contributed by atoms with Gasteiger partial charge in [0.1, 0.15) is 6.61 Å². The first-order valence-electron chi connectivity index (χ1n) is 7.72. The topological polar surface area (TPSA) is 88.8 Å². The lowest BCUT2D eigenvalue weighted by atomic mass is 10.1. The average Bonchev–Trinajstić information content (AvgIpc) is 3.27. The molecule has 0 spiro atoms. The van der Waals surface area contributed by atoms with E-state index in [-0.39, 0.29) is 36.3 Å². The van der Waals surface area contributed by atoms with Crippen molar-refractivity contribution in [2.45, 2.75) is 18.7 Å². The van der Waals surface area contributed by atoms with Gasteiger partial charge in [0.05, 0.1) is 18.3 Å². The van der Waals surface area contributed by atoms with E-state index in [4.69, 9.17) is 9.26 Å². The highest BCUT2D eigenvalue weighted by atomic mass is 16.5. The number of fused-ring (bicyclic) bond motifs is 1. The molecule has 2 saturated heterocycles. The molecular weight excluding hydrogens is 312 g/mol. The maximum atomic E-state index is 12.4. The monoisotopic (exact) mass is 328 g/mol. The molecule has 2 aliphatic heterocycles. The number of carbonyl (C=O) groups excluding carboxylic acids is 2. The minimum atomic E-state index is -0.237. The highest BCUT2D eigenvalue weighted by Gasteiger charge is 2.45. The first-order valence-corrected chi connectivity index (χ1v) is 7.72. The van der Waals surface area contributed by atoms with Gasteiger partial charge in [0, 0.05) is 38.1 Å². The number of carbonyl (C=O) groups is 2. The molecule has 2 aliphatic rings. The maximum absolute atomic E-state index is 12.4. The van der Waals surface area contributed by atoms with Gasteiger partial charge in [-0.05, 0) is 11.6 Å². The summed E-state index contributed by atoms with van der Waals surface area (Å²) in [6, 6.07) is 5.13. The molecule has 0 unspecified atom stereocenters. The third kappa shape index (κ3) is 2.65. The summed E-state index contributed by atoms with van der Waals surface area (Å²) >= 11 is 0. The molecule has 124 valence electrons. The zero-order valence-electron chi connectivity index (χ0n) is 12.9. The van der Waals surface area contributed by atoms with Crippen molar-refractivity contribution >= 4 is 11.8 Å². The first kappa shape index (κ1) is 14.8. The van der Waals surface area contributed by atoms with Crippen molar-refractivity contribution in [3.8, 4) is 0 Å². The van der Waals surface area contributed by atoms with Crippen LogP contribution in [0.4, 0.5) is 0 Å². The number of nitrogens with zero attached hydrogens (tertiary/aromatic N) is 4. The van der Waals surface area contributed by atoms with Gasteiger partial charge >= 0.3 is 0 Å². The molecule has 0 saturated carbocycles. The Morgan fingerprint density at radius 2 is 2.21 bits per heavy atom. The molecule has 24 heavy (non-hydrogen) atoms. The van der Waals surface area contributed by atoms with Gasteiger partial charge in [-0.3, -0.25) is 14.6 Å². The normalized spacial score (nSPS) is 23.4. The van der Waals surface area contributed by atoms with E-state index in [0.717, 1.165) is 5.56 Å². The number of aromatic nitrogens is 2. The standard InChI is InChI=1S/C16H16N4O4/c21-15-10-23-14-9-19(16(22)13-3-5-18-24-13)8-12(14)20(15)7-11-2-1-4-17-6-11/h1-6,12,14H,7-10H2/t12-,14+/m1/s1. The molecule has 0 bridgehead atoms. The highest BCUT2D eigenvalue weighted by molar-refractivity contribution is 5.91. The van der Waals surface area contributed by atoms with Crippen LogP contribution in [0.5, 0.6) is 0 Å². The van der Waals surface area contributed by atoms with E-state index in [0.29, 0.717) is 19.6 Å². The maximum Gasteiger partial charge on any atom is 0.292 e. The van der Waals surface area contributed by atoms with Crippen molar-refractivity contribution in [1.82, 2.24) is 19.9 Å². The molecule has 2 atom stereocenters. The van der Waals surface area contributed by atoms with Gasteiger partial charge in [-0.25, -0.2) is 0 Å². The Kier molecular flexibility index (Phi) is 3.73. The zero-order valence-corrected chi connectivity index (χ0v) is 12.9. The molecule has 2 aromatic rings. The van der Waals surface area contributed by atoms with Crippen molar-refractivity contribution in [2.75, 3.05) is 19.7 Å². The summed E-state index contributed by atoms with van der Waals surface area (Å²) in [5, 5.41) is 3.56. The highest BCUT2D eigenvalue weighted by Crippen LogP contribution is 2.26. The predicted octanol–water partition coefficient (Wildman–Crippen LogP) is 0.322. The summed E-state index contributed by atoms with van der Waals surface area (Å²) in [6.07, 6.45) is 4.68. The Morgan fingerprint density at radius 1 is 1.29 bits per heavy atom. The van der Waals surface area contributed by atoms with Crippen LogP contribution in [0.2, 0.25) is 0 Å². The Labute approximate surface area is 138 Å². The minimum absolute atomic E-state index is 0.0335. The van der Waals surface area contributed by atoms with Crippen LogP contribution in [0.3, 0.4) is 0 Å². The Hall–Kier alpha value is -2.74. The molecular formula is C16H16N4O4. The lowest BCUT2D eigenvalue weighted by Crippen LogP contribution is -2.53. The van der Waals surface area contributed by atoms with Crippen molar-refractivity contribution < 1.29 is 18.8 Å². The molecule has 0 radical (unpaired) electrons. The molecule has 2 fully saturated rings. The van der Waals surface area contributed by atoms with E-state index < -0.39 is 0 Å². The average molecular weight is 328 g/mol. The van der Waals surface area contributed by atoms with E-state index in [9.17, 15) is 9.59 Å². The van der Waals surface area contributed by atoms with Gasteiger partial charge in [0.15, 0.2) is 0 Å². The molecule has 4 heterocycles. The van der Waals surface area contributed by atoms with Crippen LogP contribution in [0.25, 0.3) is 0 Å². The number of morpholine rings is 1. The lowest BCUT2D eigenvalue weighted by molar-refractivity contribution is -0.153. The second kappa shape index (κ2) is 6.04. The largest absolute Gasteiger partial charge is 0.364 e. The van der Waals surface area contributed by atoms with Crippen LogP contribution in [0.1, 0.15) is 16.1 Å². The summed E-state index contributed by atoms with van der Waals surface area (Å²) < 4.78 is 10.6. The zero-order chi connectivity index (χ0) is 16.5. The molecule has 0 aromatic carbocycles. The number of ether oxygens (including phenoxy) is 1. The third-order valence-electron chi connectivity index (χ3n) is 4.39. The number of rotatable bonds is 3. The molecule has 8 heteroatoms. The second-order valence-corrected chi connectivity index (χ2v) is 5.89. The van der Waals surface area contributed by atoms with Crippen molar-refractivity contribution in [3.05, 3.63) is 48.1 Å². The molecule has 2 amide bonds. The molecule has 0 aliphatic carbocycles. The molecule has 4 rings (SSSR count). The van der Waals surface area contributed by atoms with E-state index in [2.05, 4.69) is 10.1 Å². The smallest absolute Gasteiger partial charge is 0.292 e. The number of pyridine rings is 1. The van der Waals surface area contributed by atoms with Crippen LogP contribution in [0, 0.1) is 0 Å². The van der Waals surface area contributed by atoms with Crippen molar-refractivity contribution in [3.63, 3.8) is 0 Å². The van der Waals surface area contributed by atoms with Crippen LogP contribution >= 0.6 is 0 Å². The summed E-state index contributed by atoms with van der Waals surface area (Å²) in [5.74, 6) is -0.118. The van der Waals surface area contributed by atoms with E-state index >= 15 is 0 Å². The first-order chi connectivity index (χ1) is 11.7. The van der Waals surface area contributed by atoms with Crippen LogP contribution in [-0.2, 0) is 16.1 Å². The van der Waals surface area contributed by atoms with Crippen molar-refractivity contribution in [1.29, 1.82) is 0 Å². The third-order valence-corrected chi connectivity index (χ3v) is 4.39. The summed E-state index contributed by atoms with van der Waals surface area (Å²) in [7, 11) is 0. The van der Waals surface area contributed by atoms with E-state index in [1.165, 1.54) is 12.3 Å². The van der Waals surface area contributed by atoms with Gasteiger partial charge in [0.2, 0.25) is 11.7 Å². The van der Waals surface area contributed by atoms with Crippen molar-refractivity contribution in [2.24, 2.45) is 0 Å². The summed E-state index contributed by atoms with van der Waals surface area (Å²) in [4.78, 5) is 32.2. The van der Waals surface area contributed by atoms with Crippen LogP contribution in [-0.4, -0.2) is 63.6 Å². The molecule has 2 aromatic heterocycles. The second-order valence-electron chi connectivity index (χ2n) is 5.89. The fourth-order valence-electron chi connectivity index (χ4n) is 3.21. The van der Waals surface area contributed by atoms with Crippen LogP contribution in [0.15, 0.2) is 41.3 Å². The fraction of sp³-hybridized carbons (Fsp3) is 0.375. The SMILES string of the molecule is O=C(c1ccno1)N1C[C@@H]2OCC(=O)N(Cc3cccnc3)[C@@H]2C1. The number of hydrogen-bond acceptors (Lipinski definition) is 6. The van der Waals surface area contributed by atoms with Gasteiger partial charge < -0.3 is 19.1 Å². The number of likely N-dealkylation sites (tertiary alicyclic amines) is 1. The van der Waals surface area contributed by atoms with Crippen LogP contribution < -0.4 is 0 Å². The van der Waals surface area contributed by atoms with Gasteiger partial charge in [0.25, 0.3) is 5.91 Å². The Balaban J connectivity index is 1.52. The van der Waals surface area contributed by atoms with Gasteiger partial charge in [-0.15, -0.1) is 0 Å². The summed E-state index contributed by atoms with van der Waals surface area (Å²) in [5.41, 5.74) is 0.950. The molecule has 8 nitrogen and oxygen atoms in total. The Morgan fingerprint density at radius 3 is 2.96 bits per heavy atom. The van der Waals surface area contributed by atoms with E-state index in [1.54, 1.807) is 22.2 Å². The lowest BCUT2D eigenvalue weighted by Gasteiger charge is -2.36. The number of amides is 2. The van der Waals surface area contributed by atoms with Gasteiger partial charge in [-0.1, -0.05) is 11.2 Å².